The van der Waals surface area contributed by atoms with Crippen LogP contribution in [0.5, 0.6) is 5.75 Å². The largest absolute Gasteiger partial charge is 0.504 e. The zero-order valence-corrected chi connectivity index (χ0v) is 23.0. The second kappa shape index (κ2) is 11.7. The molecule has 15 heteroatoms. The zero-order valence-electron chi connectivity index (χ0n) is 23.0. The molecule has 15 nitrogen and oxygen atoms in total. The Hall–Kier alpha value is -4.92. The number of nitrogens with one attached hydrogen (secondary N) is 2. The predicted octanol–water partition coefficient (Wildman–Crippen LogP) is 0.0141. The van der Waals surface area contributed by atoms with Crippen LogP contribution in [0.4, 0.5) is 0 Å². The van der Waals surface area contributed by atoms with Gasteiger partial charge < -0.3 is 25.0 Å². The molecule has 0 aromatic carbocycles. The molecule has 0 saturated carbocycles. The first-order valence-corrected chi connectivity index (χ1v) is 13.2. The van der Waals surface area contributed by atoms with Crippen molar-refractivity contribution in [2.75, 3.05) is 32.7 Å². The smallest absolute Gasteiger partial charge is 0.286 e. The predicted molar refractivity (Wildman–Crippen MR) is 147 cm³/mol. The number of carbonyl (C=O) groups excluding carboxylic acids is 3. The number of carbonyl (C=O) groups is 3. The summed E-state index contributed by atoms with van der Waals surface area (Å²) in [6.45, 7) is 4.57. The van der Waals surface area contributed by atoms with Crippen LogP contribution in [0.1, 0.15) is 41.3 Å². The summed E-state index contributed by atoms with van der Waals surface area (Å²) in [6.07, 6.45) is 8.24. The molecule has 2 aliphatic heterocycles. The number of aldehydes is 1. The first kappa shape index (κ1) is 27.6. The van der Waals surface area contributed by atoms with E-state index in [-0.39, 0.29) is 18.0 Å². The number of aryl methyl sites for hydroxylation is 2. The number of piperazine rings is 1. The molecule has 41 heavy (non-hydrogen) atoms. The van der Waals surface area contributed by atoms with Gasteiger partial charge in [-0.15, -0.1) is 0 Å². The van der Waals surface area contributed by atoms with E-state index in [1.165, 1.54) is 17.7 Å². The summed E-state index contributed by atoms with van der Waals surface area (Å²) in [4.78, 5) is 59.1. The van der Waals surface area contributed by atoms with Crippen LogP contribution < -0.4 is 10.7 Å². The molecule has 0 spiro atoms. The molecule has 214 valence electrons. The highest BCUT2D eigenvalue weighted by atomic mass is 16.3. The van der Waals surface area contributed by atoms with Crippen LogP contribution in [-0.4, -0.2) is 102 Å². The Morgan fingerprint density at radius 3 is 2.68 bits per heavy atom. The summed E-state index contributed by atoms with van der Waals surface area (Å²) in [7, 11) is 1.81. The Morgan fingerprint density at radius 2 is 1.95 bits per heavy atom. The van der Waals surface area contributed by atoms with Gasteiger partial charge in [-0.1, -0.05) is 6.92 Å². The van der Waals surface area contributed by atoms with E-state index in [1.807, 2.05) is 18.9 Å². The number of amides is 2. The molecule has 5 rings (SSSR count). The van der Waals surface area contributed by atoms with E-state index in [0.29, 0.717) is 61.5 Å². The fraction of sp³-hybridized carbons (Fsp3) is 0.385. The summed E-state index contributed by atoms with van der Waals surface area (Å²) in [5.41, 5.74) is 5.86. The summed E-state index contributed by atoms with van der Waals surface area (Å²) in [5.74, 6) is -1.06. The number of pyridine rings is 1. The van der Waals surface area contributed by atoms with Crippen molar-refractivity contribution in [1.29, 1.82) is 0 Å². The monoisotopic (exact) mass is 561 g/mol. The Kier molecular flexibility index (Phi) is 7.87. The standard InChI is InChI=1S/C26H31N11O4/c1-4-19-22(35-5-7-36(8-6-35)25(40)21-23(39)16(2)28-14-30-21)26(41)37(9-10-38)33-24(31-15-29-19)18-11-27-13-20-17(18)12-32-34(20)3/h10-15,24,33,39H,4-9H2,1-3H3,(H,29,31)/b22-19+. The van der Waals surface area contributed by atoms with Gasteiger partial charge in [0.15, 0.2) is 11.4 Å². The molecule has 3 aromatic rings. The van der Waals surface area contributed by atoms with Gasteiger partial charge >= 0.3 is 0 Å². The van der Waals surface area contributed by atoms with Gasteiger partial charge in [0.2, 0.25) is 0 Å². The second-order valence-corrected chi connectivity index (χ2v) is 9.58. The molecule has 1 atom stereocenters. The Balaban J connectivity index is 1.40. The number of aliphatic imine (C=N–C) groups is 1. The van der Waals surface area contributed by atoms with Gasteiger partial charge in [-0.2, -0.15) is 5.10 Å². The highest BCUT2D eigenvalue weighted by molar-refractivity contribution is 5.96. The molecule has 1 fully saturated rings. The number of allylic oxidation sites excluding steroid dienone is 1. The minimum atomic E-state index is -0.734. The van der Waals surface area contributed by atoms with Crippen LogP contribution >= 0.6 is 0 Å². The Morgan fingerprint density at radius 1 is 1.17 bits per heavy atom. The van der Waals surface area contributed by atoms with Gasteiger partial charge in [-0.05, 0) is 13.3 Å². The van der Waals surface area contributed by atoms with Crippen LogP contribution in [0.15, 0.2) is 41.3 Å². The maximum atomic E-state index is 14.0. The van der Waals surface area contributed by atoms with Crippen molar-refractivity contribution < 1.29 is 19.5 Å². The van der Waals surface area contributed by atoms with Crippen molar-refractivity contribution in [1.82, 2.24) is 50.3 Å². The molecule has 2 aliphatic rings. The van der Waals surface area contributed by atoms with Gasteiger partial charge in [-0.3, -0.25) is 29.3 Å². The minimum Gasteiger partial charge on any atom is -0.504 e. The van der Waals surface area contributed by atoms with Crippen molar-refractivity contribution in [3.8, 4) is 5.75 Å². The molecule has 5 heterocycles. The molecule has 3 aromatic heterocycles. The molecular formula is C26H31N11O4. The van der Waals surface area contributed by atoms with E-state index in [9.17, 15) is 19.5 Å². The van der Waals surface area contributed by atoms with E-state index < -0.39 is 18.0 Å². The highest BCUT2D eigenvalue weighted by Gasteiger charge is 2.33. The van der Waals surface area contributed by atoms with Crippen LogP contribution in [-0.2, 0) is 16.6 Å². The van der Waals surface area contributed by atoms with E-state index in [2.05, 4.69) is 35.8 Å². The first-order valence-electron chi connectivity index (χ1n) is 13.2. The Bertz CT molecular complexity index is 1540. The van der Waals surface area contributed by atoms with Gasteiger partial charge in [0, 0.05) is 56.1 Å². The van der Waals surface area contributed by atoms with Crippen LogP contribution in [0.2, 0.25) is 0 Å². The minimum absolute atomic E-state index is 0.0543. The average molecular weight is 562 g/mol. The molecular weight excluding hydrogens is 530 g/mol. The van der Waals surface area contributed by atoms with E-state index >= 15 is 0 Å². The van der Waals surface area contributed by atoms with Gasteiger partial charge in [0.05, 0.1) is 36.5 Å². The van der Waals surface area contributed by atoms with Gasteiger partial charge in [0.1, 0.15) is 24.5 Å². The fourth-order valence-corrected chi connectivity index (χ4v) is 4.91. The lowest BCUT2D eigenvalue weighted by atomic mass is 10.1. The van der Waals surface area contributed by atoms with E-state index in [4.69, 9.17) is 0 Å². The van der Waals surface area contributed by atoms with Gasteiger partial charge in [-0.25, -0.2) is 15.4 Å². The lowest BCUT2D eigenvalue weighted by Gasteiger charge is -2.38. The number of aromatic nitrogens is 5. The normalized spacial score (nSPS) is 20.8. The highest BCUT2D eigenvalue weighted by Crippen LogP contribution is 2.26. The second-order valence-electron chi connectivity index (χ2n) is 9.58. The van der Waals surface area contributed by atoms with Crippen LogP contribution in [0.25, 0.3) is 10.9 Å². The number of hydrogen-bond donors (Lipinski definition) is 3. The average Bonchev–Trinajstić information content (AvgIpc) is 3.39. The van der Waals surface area contributed by atoms with E-state index in [0.717, 1.165) is 10.9 Å². The molecule has 2 amide bonds. The van der Waals surface area contributed by atoms with Crippen LogP contribution in [0, 0.1) is 6.92 Å². The molecule has 1 unspecified atom stereocenters. The van der Waals surface area contributed by atoms with Gasteiger partial charge in [0.25, 0.3) is 11.8 Å². The summed E-state index contributed by atoms with van der Waals surface area (Å²) in [6, 6.07) is 0. The summed E-state index contributed by atoms with van der Waals surface area (Å²) < 4.78 is 1.70. The third-order valence-corrected chi connectivity index (χ3v) is 7.18. The number of hydrogen-bond acceptors (Lipinski definition) is 12. The van der Waals surface area contributed by atoms with E-state index in [1.54, 1.807) is 35.1 Å². The SMILES string of the molecule is CC/C1=C(\N2CCN(C(=O)c3ncnc(C)c3O)CC2)C(=O)N(CC=O)NC(c2cncc3c2cnn3C)/N=C/N1. The number of aromatic hydroxyl groups is 1. The van der Waals surface area contributed by atoms with Crippen molar-refractivity contribution in [2.24, 2.45) is 12.0 Å². The fourth-order valence-electron chi connectivity index (χ4n) is 4.91. The zero-order chi connectivity index (χ0) is 29.1. The van der Waals surface area contributed by atoms with Crippen molar-refractivity contribution in [3.05, 3.63) is 53.3 Å². The maximum absolute atomic E-state index is 14.0. The molecule has 0 bridgehead atoms. The number of nitrogens with zero attached hydrogens (tertiary/aromatic N) is 9. The van der Waals surface area contributed by atoms with Crippen molar-refractivity contribution in [3.63, 3.8) is 0 Å². The third kappa shape index (κ3) is 5.30. The summed E-state index contributed by atoms with van der Waals surface area (Å²) >= 11 is 0. The number of fused-ring (bicyclic) bond motifs is 1. The number of hydrazine groups is 1. The van der Waals surface area contributed by atoms with Crippen LogP contribution in [0.3, 0.4) is 0 Å². The quantitative estimate of drug-likeness (QED) is 0.346. The third-order valence-electron chi connectivity index (χ3n) is 7.18. The van der Waals surface area contributed by atoms with Crippen molar-refractivity contribution >= 4 is 35.3 Å². The maximum Gasteiger partial charge on any atom is 0.286 e. The first-order chi connectivity index (χ1) is 19.8. The summed E-state index contributed by atoms with van der Waals surface area (Å²) in [5, 5.41) is 19.8. The van der Waals surface area contributed by atoms with Crippen molar-refractivity contribution in [2.45, 2.75) is 26.4 Å². The molecule has 0 aliphatic carbocycles. The molecule has 1 saturated heterocycles. The molecule has 3 N–H and O–H groups in total. The Labute approximate surface area is 235 Å². The topological polar surface area (TPSA) is 174 Å². The lowest BCUT2D eigenvalue weighted by molar-refractivity contribution is -0.135. The number of rotatable bonds is 6. The lowest BCUT2D eigenvalue weighted by Crippen LogP contribution is -2.53. The molecule has 0 radical (unpaired) electrons.